The van der Waals surface area contributed by atoms with E-state index < -0.39 is 24.5 Å². The van der Waals surface area contributed by atoms with Crippen LogP contribution in [-0.2, 0) is 29.3 Å². The van der Waals surface area contributed by atoms with E-state index in [2.05, 4.69) is 31.4 Å². The van der Waals surface area contributed by atoms with E-state index in [1.165, 1.54) is 17.7 Å². The van der Waals surface area contributed by atoms with Gasteiger partial charge < -0.3 is 24.8 Å². The molecule has 0 aromatic heterocycles. The van der Waals surface area contributed by atoms with Crippen molar-refractivity contribution in [3.8, 4) is 11.5 Å². The lowest BCUT2D eigenvalue weighted by molar-refractivity contribution is -0.147. The lowest BCUT2D eigenvalue weighted by Crippen LogP contribution is -2.21. The molecule has 42 heavy (non-hydrogen) atoms. The fraction of sp³-hybridized carbons (Fsp3) is 0.333. The lowest BCUT2D eigenvalue weighted by Gasteiger charge is -2.19. The van der Waals surface area contributed by atoms with E-state index in [4.69, 9.17) is 14.2 Å². The quantitative estimate of drug-likeness (QED) is 0.237. The maximum absolute atomic E-state index is 12.3. The van der Waals surface area contributed by atoms with Gasteiger partial charge in [0, 0.05) is 17.8 Å². The predicted octanol–water partition coefficient (Wildman–Crippen LogP) is 6.49. The Morgan fingerprint density at radius 1 is 0.690 bits per heavy atom. The molecule has 222 valence electrons. The highest BCUT2D eigenvalue weighted by Crippen LogP contribution is 2.27. The highest BCUT2D eigenvalue weighted by Gasteiger charge is 2.14. The summed E-state index contributed by atoms with van der Waals surface area (Å²) in [7, 11) is 0. The molecule has 2 N–H and O–H groups in total. The molecule has 0 aliphatic heterocycles. The van der Waals surface area contributed by atoms with E-state index in [1.807, 2.05) is 38.1 Å². The fourth-order valence-corrected chi connectivity index (χ4v) is 3.64. The van der Waals surface area contributed by atoms with Gasteiger partial charge in [0.05, 0.1) is 18.6 Å². The fourth-order valence-electron chi connectivity index (χ4n) is 3.64. The average Bonchev–Trinajstić information content (AvgIpc) is 2.95. The van der Waals surface area contributed by atoms with Gasteiger partial charge in [-0.25, -0.2) is 4.79 Å². The molecule has 9 heteroatoms. The van der Waals surface area contributed by atoms with Crippen molar-refractivity contribution in [2.45, 2.75) is 52.9 Å². The van der Waals surface area contributed by atoms with Gasteiger partial charge in [0.2, 0.25) is 5.91 Å². The zero-order valence-electron chi connectivity index (χ0n) is 24.7. The molecule has 0 spiro atoms. The van der Waals surface area contributed by atoms with Crippen LogP contribution >= 0.6 is 0 Å². The van der Waals surface area contributed by atoms with Gasteiger partial charge >= 0.3 is 11.9 Å². The van der Waals surface area contributed by atoms with Crippen LogP contribution in [0.4, 0.5) is 11.4 Å². The van der Waals surface area contributed by atoms with Crippen LogP contribution in [0.1, 0.15) is 63.4 Å². The first-order valence-electron chi connectivity index (χ1n) is 13.8. The summed E-state index contributed by atoms with van der Waals surface area (Å²) in [4.78, 5) is 48.4. The Kier molecular flexibility index (Phi) is 11.2. The Hall–Kier alpha value is -4.66. The Balaban J connectivity index is 1.35. The van der Waals surface area contributed by atoms with Crippen molar-refractivity contribution in [2.75, 3.05) is 23.8 Å². The van der Waals surface area contributed by atoms with Crippen molar-refractivity contribution in [3.63, 3.8) is 0 Å². The van der Waals surface area contributed by atoms with Crippen molar-refractivity contribution < 1.29 is 33.4 Å². The minimum absolute atomic E-state index is 0.0602. The summed E-state index contributed by atoms with van der Waals surface area (Å²) in [5, 5.41) is 5.30. The molecule has 0 aliphatic rings. The average molecular weight is 575 g/mol. The standard InChI is InChI=1S/C33H38N2O7/c1-22(2)20-41-32(39)23-6-10-25(11-7-23)35-30(37)21-40-31(38)19-18-29(36)34-26-12-16-28(17-13-26)42-27-14-8-24(9-15-27)33(3,4)5/h6-17,22H,18-21H2,1-5H3,(H,34,36)(H,35,37). The van der Waals surface area contributed by atoms with Crippen LogP contribution in [0.3, 0.4) is 0 Å². The van der Waals surface area contributed by atoms with Gasteiger partial charge in [-0.15, -0.1) is 0 Å². The SMILES string of the molecule is CC(C)COC(=O)c1ccc(NC(=O)COC(=O)CCC(=O)Nc2ccc(Oc3ccc(C(C)(C)C)cc3)cc2)cc1. The van der Waals surface area contributed by atoms with E-state index in [0.717, 1.165) is 0 Å². The Morgan fingerprint density at radius 3 is 1.76 bits per heavy atom. The van der Waals surface area contributed by atoms with E-state index in [-0.39, 0.29) is 30.1 Å². The zero-order valence-corrected chi connectivity index (χ0v) is 24.7. The second-order valence-corrected chi connectivity index (χ2v) is 11.2. The molecule has 0 saturated carbocycles. The third-order valence-corrected chi connectivity index (χ3v) is 5.97. The van der Waals surface area contributed by atoms with Crippen LogP contribution in [0.25, 0.3) is 0 Å². The summed E-state index contributed by atoms with van der Waals surface area (Å²) in [5.74, 6) is -0.466. The number of carbonyl (C=O) groups excluding carboxylic acids is 4. The second-order valence-electron chi connectivity index (χ2n) is 11.2. The van der Waals surface area contributed by atoms with Gasteiger partial charge in [0.15, 0.2) is 6.61 Å². The van der Waals surface area contributed by atoms with Gasteiger partial charge in [-0.05, 0) is 77.6 Å². The Bertz CT molecular complexity index is 1360. The van der Waals surface area contributed by atoms with E-state index in [1.54, 1.807) is 36.4 Å². The topological polar surface area (TPSA) is 120 Å². The van der Waals surface area contributed by atoms with Crippen LogP contribution in [0.15, 0.2) is 72.8 Å². The number of amides is 2. The molecule has 0 heterocycles. The number of rotatable bonds is 12. The highest BCUT2D eigenvalue weighted by molar-refractivity contribution is 5.95. The number of hydrogen-bond donors (Lipinski definition) is 2. The minimum Gasteiger partial charge on any atom is -0.462 e. The Labute approximate surface area is 246 Å². The first-order chi connectivity index (χ1) is 19.9. The molecule has 3 aromatic rings. The number of carbonyl (C=O) groups is 4. The molecule has 0 unspecified atom stereocenters. The molecule has 9 nitrogen and oxygen atoms in total. The van der Waals surface area contributed by atoms with Crippen molar-refractivity contribution >= 4 is 35.1 Å². The van der Waals surface area contributed by atoms with E-state index in [9.17, 15) is 19.2 Å². The molecule has 3 aromatic carbocycles. The number of benzene rings is 3. The molecule has 0 atom stereocenters. The van der Waals surface area contributed by atoms with Crippen molar-refractivity contribution in [2.24, 2.45) is 5.92 Å². The molecule has 0 bridgehead atoms. The van der Waals surface area contributed by atoms with Crippen molar-refractivity contribution in [3.05, 3.63) is 83.9 Å². The van der Waals surface area contributed by atoms with Gasteiger partial charge in [-0.1, -0.05) is 46.8 Å². The number of ether oxygens (including phenoxy) is 3. The lowest BCUT2D eigenvalue weighted by atomic mass is 9.87. The summed E-state index contributed by atoms with van der Waals surface area (Å²) >= 11 is 0. The van der Waals surface area contributed by atoms with E-state index in [0.29, 0.717) is 35.0 Å². The van der Waals surface area contributed by atoms with Gasteiger partial charge in [-0.3, -0.25) is 14.4 Å². The minimum atomic E-state index is -0.676. The first kappa shape index (κ1) is 31.9. The summed E-state index contributed by atoms with van der Waals surface area (Å²) in [6.07, 6.45) is -0.286. The maximum Gasteiger partial charge on any atom is 0.338 e. The van der Waals surface area contributed by atoms with Crippen LogP contribution in [-0.4, -0.2) is 37.0 Å². The zero-order chi connectivity index (χ0) is 30.7. The molecular weight excluding hydrogens is 536 g/mol. The van der Waals surface area contributed by atoms with Gasteiger partial charge in [-0.2, -0.15) is 0 Å². The van der Waals surface area contributed by atoms with Crippen molar-refractivity contribution in [1.82, 2.24) is 0 Å². The van der Waals surface area contributed by atoms with Crippen molar-refractivity contribution in [1.29, 1.82) is 0 Å². The molecule has 0 fully saturated rings. The van der Waals surface area contributed by atoms with Crippen LogP contribution < -0.4 is 15.4 Å². The number of esters is 2. The molecule has 0 aliphatic carbocycles. The third kappa shape index (κ3) is 10.7. The Morgan fingerprint density at radius 2 is 1.21 bits per heavy atom. The van der Waals surface area contributed by atoms with Crippen LogP contribution in [0.5, 0.6) is 11.5 Å². The summed E-state index contributed by atoms with van der Waals surface area (Å²) in [6, 6.07) is 21.0. The summed E-state index contributed by atoms with van der Waals surface area (Å²) in [5.41, 5.74) is 2.63. The monoisotopic (exact) mass is 574 g/mol. The highest BCUT2D eigenvalue weighted by atomic mass is 16.5. The van der Waals surface area contributed by atoms with Crippen LogP contribution in [0.2, 0.25) is 0 Å². The second kappa shape index (κ2) is 14.8. The van der Waals surface area contributed by atoms with E-state index >= 15 is 0 Å². The number of nitrogens with one attached hydrogen (secondary N) is 2. The normalized spacial score (nSPS) is 11.0. The third-order valence-electron chi connectivity index (χ3n) is 5.97. The molecule has 0 radical (unpaired) electrons. The number of hydrogen-bond acceptors (Lipinski definition) is 7. The number of anilines is 2. The molecule has 3 rings (SSSR count). The molecule has 2 amide bonds. The van der Waals surface area contributed by atoms with Gasteiger partial charge in [0.25, 0.3) is 5.91 Å². The first-order valence-corrected chi connectivity index (χ1v) is 13.8. The summed E-state index contributed by atoms with van der Waals surface area (Å²) < 4.78 is 16.0. The molecular formula is C33H38N2O7. The maximum atomic E-state index is 12.3. The smallest absolute Gasteiger partial charge is 0.338 e. The largest absolute Gasteiger partial charge is 0.462 e. The predicted molar refractivity (Wildman–Crippen MR) is 161 cm³/mol. The summed E-state index contributed by atoms with van der Waals surface area (Å²) in [6.45, 7) is 10.2. The van der Waals surface area contributed by atoms with Crippen LogP contribution in [0, 0.1) is 5.92 Å². The van der Waals surface area contributed by atoms with Gasteiger partial charge in [0.1, 0.15) is 11.5 Å². The molecule has 0 saturated heterocycles.